The lowest BCUT2D eigenvalue weighted by Crippen LogP contribution is -2.40. The van der Waals surface area contributed by atoms with Crippen LogP contribution in [0.2, 0.25) is 0 Å². The van der Waals surface area contributed by atoms with Crippen molar-refractivity contribution in [2.24, 2.45) is 13.0 Å². The molecule has 0 unspecified atom stereocenters. The Morgan fingerprint density at radius 1 is 1.10 bits per heavy atom. The lowest BCUT2D eigenvalue weighted by molar-refractivity contribution is 0.414. The molecule has 3 aromatic heterocycles. The molecule has 0 aliphatic heterocycles. The van der Waals surface area contributed by atoms with E-state index in [1.54, 1.807) is 18.6 Å². The van der Waals surface area contributed by atoms with Crippen LogP contribution in [0.1, 0.15) is 25.1 Å². The normalized spacial score (nSPS) is 11.8. The maximum atomic E-state index is 13.1. The SMILES string of the molecule is COc1ccc(Cn2c(C)cn3c4c(=O)n(CC(C)C)c(=O)n(C)c4nc23)cc1. The minimum atomic E-state index is -0.338. The second-order valence-corrected chi connectivity index (χ2v) is 7.81. The third-order valence-electron chi connectivity index (χ3n) is 5.19. The van der Waals surface area contributed by atoms with Crippen molar-refractivity contribution in [3.05, 3.63) is 62.6 Å². The predicted octanol–water partition coefficient (Wildman–Crippen LogP) is 2.17. The summed E-state index contributed by atoms with van der Waals surface area (Å²) in [4.78, 5) is 30.5. The number of hydrogen-bond donors (Lipinski definition) is 0. The minimum Gasteiger partial charge on any atom is -0.497 e. The summed E-state index contributed by atoms with van der Waals surface area (Å²) < 4.78 is 11.8. The number of rotatable bonds is 5. The largest absolute Gasteiger partial charge is 0.497 e. The lowest BCUT2D eigenvalue weighted by atomic mass is 10.2. The second kappa shape index (κ2) is 6.95. The van der Waals surface area contributed by atoms with Crippen molar-refractivity contribution >= 4 is 16.9 Å². The van der Waals surface area contributed by atoms with Crippen LogP contribution in [0.3, 0.4) is 0 Å². The van der Waals surface area contributed by atoms with Crippen LogP contribution in [0.5, 0.6) is 5.75 Å². The average Bonchev–Trinajstić information content (AvgIpc) is 3.20. The smallest absolute Gasteiger partial charge is 0.332 e. The van der Waals surface area contributed by atoms with Gasteiger partial charge in [-0.25, -0.2) is 4.79 Å². The minimum absolute atomic E-state index is 0.183. The zero-order chi connectivity index (χ0) is 20.9. The molecule has 0 N–H and O–H groups in total. The van der Waals surface area contributed by atoms with Crippen molar-refractivity contribution in [3.63, 3.8) is 0 Å². The Morgan fingerprint density at radius 3 is 2.41 bits per heavy atom. The van der Waals surface area contributed by atoms with Crippen LogP contribution in [-0.4, -0.2) is 30.2 Å². The molecule has 0 saturated carbocycles. The molecule has 4 rings (SSSR count). The number of methoxy groups -OCH3 is 1. The zero-order valence-electron chi connectivity index (χ0n) is 17.3. The molecular formula is C21H25N5O3. The van der Waals surface area contributed by atoms with Crippen molar-refractivity contribution in [2.45, 2.75) is 33.9 Å². The van der Waals surface area contributed by atoms with Crippen LogP contribution in [0.25, 0.3) is 16.9 Å². The summed E-state index contributed by atoms with van der Waals surface area (Å²) in [5, 5.41) is 0. The molecule has 0 atom stereocenters. The molecule has 4 aromatic rings. The fourth-order valence-electron chi connectivity index (χ4n) is 3.69. The van der Waals surface area contributed by atoms with Gasteiger partial charge in [0, 0.05) is 25.5 Å². The van der Waals surface area contributed by atoms with Gasteiger partial charge in [0.25, 0.3) is 5.56 Å². The Morgan fingerprint density at radius 2 is 1.79 bits per heavy atom. The number of ether oxygens (including phenoxy) is 1. The highest BCUT2D eigenvalue weighted by molar-refractivity contribution is 5.75. The van der Waals surface area contributed by atoms with E-state index in [0.29, 0.717) is 30.0 Å². The van der Waals surface area contributed by atoms with Crippen LogP contribution in [0.4, 0.5) is 0 Å². The van der Waals surface area contributed by atoms with Crippen LogP contribution < -0.4 is 16.0 Å². The fraction of sp³-hybridized carbons (Fsp3) is 0.381. The maximum absolute atomic E-state index is 13.1. The summed E-state index contributed by atoms with van der Waals surface area (Å²) in [6.45, 7) is 6.93. The number of nitrogens with zero attached hydrogens (tertiary/aromatic N) is 5. The molecule has 0 amide bonds. The Bertz CT molecular complexity index is 1320. The first-order valence-electron chi connectivity index (χ1n) is 9.62. The number of imidazole rings is 2. The van der Waals surface area contributed by atoms with Gasteiger partial charge in [-0.2, -0.15) is 4.98 Å². The maximum Gasteiger partial charge on any atom is 0.332 e. The summed E-state index contributed by atoms with van der Waals surface area (Å²) in [6, 6.07) is 7.84. The van der Waals surface area contributed by atoms with E-state index in [9.17, 15) is 9.59 Å². The summed E-state index contributed by atoms with van der Waals surface area (Å²) in [6.07, 6.45) is 1.90. The van der Waals surface area contributed by atoms with Gasteiger partial charge >= 0.3 is 5.69 Å². The van der Waals surface area contributed by atoms with Gasteiger partial charge in [-0.05, 0) is 30.5 Å². The van der Waals surface area contributed by atoms with Gasteiger partial charge in [0.2, 0.25) is 5.78 Å². The molecule has 3 heterocycles. The molecule has 0 aliphatic rings. The van der Waals surface area contributed by atoms with Crippen molar-refractivity contribution in [1.29, 1.82) is 0 Å². The Balaban J connectivity index is 1.92. The Labute approximate surface area is 167 Å². The third kappa shape index (κ3) is 3.04. The van der Waals surface area contributed by atoms with E-state index in [0.717, 1.165) is 17.0 Å². The molecule has 0 aliphatic carbocycles. The van der Waals surface area contributed by atoms with Crippen LogP contribution in [0.15, 0.2) is 40.1 Å². The molecule has 0 saturated heterocycles. The second-order valence-electron chi connectivity index (χ2n) is 7.81. The number of aryl methyl sites for hydroxylation is 2. The molecule has 0 bridgehead atoms. The third-order valence-corrected chi connectivity index (χ3v) is 5.19. The first-order valence-corrected chi connectivity index (χ1v) is 9.62. The Hall–Kier alpha value is -3.29. The molecule has 8 heteroatoms. The molecule has 152 valence electrons. The van der Waals surface area contributed by atoms with Gasteiger partial charge in [0.15, 0.2) is 11.2 Å². The number of fused-ring (bicyclic) bond motifs is 3. The molecule has 0 spiro atoms. The van der Waals surface area contributed by atoms with E-state index < -0.39 is 0 Å². The quantitative estimate of drug-likeness (QED) is 0.519. The predicted molar refractivity (Wildman–Crippen MR) is 112 cm³/mol. The highest BCUT2D eigenvalue weighted by atomic mass is 16.5. The van der Waals surface area contributed by atoms with Crippen LogP contribution >= 0.6 is 0 Å². The van der Waals surface area contributed by atoms with Crippen molar-refractivity contribution in [1.82, 2.24) is 23.1 Å². The van der Waals surface area contributed by atoms with E-state index in [1.165, 1.54) is 9.13 Å². The van der Waals surface area contributed by atoms with Gasteiger partial charge in [-0.1, -0.05) is 26.0 Å². The van der Waals surface area contributed by atoms with Crippen molar-refractivity contribution in [2.75, 3.05) is 7.11 Å². The number of hydrogen-bond acceptors (Lipinski definition) is 4. The van der Waals surface area contributed by atoms with E-state index in [1.807, 2.05) is 55.8 Å². The van der Waals surface area contributed by atoms with Crippen molar-refractivity contribution < 1.29 is 4.74 Å². The summed E-state index contributed by atoms with van der Waals surface area (Å²) in [7, 11) is 3.30. The van der Waals surface area contributed by atoms with E-state index in [-0.39, 0.29) is 17.2 Å². The highest BCUT2D eigenvalue weighted by Gasteiger charge is 2.20. The van der Waals surface area contributed by atoms with Crippen LogP contribution in [-0.2, 0) is 20.1 Å². The van der Waals surface area contributed by atoms with Gasteiger partial charge in [-0.3, -0.25) is 18.3 Å². The van der Waals surface area contributed by atoms with Gasteiger partial charge < -0.3 is 9.30 Å². The monoisotopic (exact) mass is 395 g/mol. The van der Waals surface area contributed by atoms with E-state index >= 15 is 0 Å². The standard InChI is InChI=1S/C21H25N5O3/c1-13(2)10-26-19(27)17-18(23(4)21(26)28)22-20-24(14(3)11-25(17)20)12-15-6-8-16(29-5)9-7-15/h6-9,11,13H,10,12H2,1-5H3. The number of benzene rings is 1. The molecule has 8 nitrogen and oxygen atoms in total. The first-order chi connectivity index (χ1) is 13.8. The number of aromatic nitrogens is 5. The van der Waals surface area contributed by atoms with E-state index in [2.05, 4.69) is 4.98 Å². The fourth-order valence-corrected chi connectivity index (χ4v) is 3.69. The van der Waals surface area contributed by atoms with Crippen molar-refractivity contribution in [3.8, 4) is 5.75 Å². The van der Waals surface area contributed by atoms with Crippen LogP contribution in [0, 0.1) is 12.8 Å². The van der Waals surface area contributed by atoms with Gasteiger partial charge in [-0.15, -0.1) is 0 Å². The van der Waals surface area contributed by atoms with E-state index in [4.69, 9.17) is 4.74 Å². The molecule has 0 fully saturated rings. The molecular weight excluding hydrogens is 370 g/mol. The molecule has 0 radical (unpaired) electrons. The average molecular weight is 395 g/mol. The zero-order valence-corrected chi connectivity index (χ0v) is 17.3. The van der Waals surface area contributed by atoms with Gasteiger partial charge in [0.05, 0.1) is 13.7 Å². The lowest BCUT2D eigenvalue weighted by Gasteiger charge is -2.09. The summed E-state index contributed by atoms with van der Waals surface area (Å²) in [5.41, 5.74) is 2.26. The topological polar surface area (TPSA) is 75.5 Å². The Kier molecular flexibility index (Phi) is 4.56. The summed E-state index contributed by atoms with van der Waals surface area (Å²) in [5.74, 6) is 1.63. The molecule has 29 heavy (non-hydrogen) atoms. The molecule has 1 aromatic carbocycles. The van der Waals surface area contributed by atoms with Gasteiger partial charge in [0.1, 0.15) is 5.75 Å². The first kappa shape index (κ1) is 19.0. The summed E-state index contributed by atoms with van der Waals surface area (Å²) >= 11 is 0. The highest BCUT2D eigenvalue weighted by Crippen LogP contribution is 2.19.